The molecule has 0 aliphatic heterocycles. The van der Waals surface area contributed by atoms with Gasteiger partial charge in [-0.05, 0) is 62.1 Å². The molecule has 5 heteroatoms. The Balaban J connectivity index is 1.99. The molecule has 2 amide bonds. The van der Waals surface area contributed by atoms with E-state index in [1.54, 1.807) is 4.90 Å². The van der Waals surface area contributed by atoms with Gasteiger partial charge >= 0.3 is 0 Å². The topological polar surface area (TPSA) is 49.4 Å². The molecule has 3 aromatic rings. The molecule has 1 N–H and O–H groups in total. The molecule has 0 saturated heterocycles. The molecule has 0 saturated carbocycles. The monoisotopic (exact) mass is 476 g/mol. The van der Waals surface area contributed by atoms with Crippen molar-refractivity contribution in [1.82, 2.24) is 10.2 Å². The molecular weight excluding hydrogens is 444 g/mol. The Hall–Kier alpha value is -3.11. The Morgan fingerprint density at radius 3 is 2.12 bits per heavy atom. The summed E-state index contributed by atoms with van der Waals surface area (Å²) in [7, 11) is 0. The van der Waals surface area contributed by atoms with Crippen LogP contribution in [0.3, 0.4) is 0 Å². The van der Waals surface area contributed by atoms with Crippen LogP contribution in [-0.4, -0.2) is 28.3 Å². The molecule has 3 rings (SSSR count). The van der Waals surface area contributed by atoms with Crippen molar-refractivity contribution in [3.8, 4) is 0 Å². The summed E-state index contributed by atoms with van der Waals surface area (Å²) in [6.07, 6.45) is 0.657. The largest absolute Gasteiger partial charge is 0.350 e. The predicted octanol–water partition coefficient (Wildman–Crippen LogP) is 5.75. The van der Waals surface area contributed by atoms with Crippen LogP contribution in [0, 0.1) is 6.92 Å². The fourth-order valence-corrected chi connectivity index (χ4v) is 3.99. The number of aryl methyl sites for hydroxylation is 1. The lowest BCUT2D eigenvalue weighted by Crippen LogP contribution is -2.54. The second kappa shape index (κ2) is 11.3. The van der Waals surface area contributed by atoms with E-state index in [1.165, 1.54) is 0 Å². The van der Waals surface area contributed by atoms with Crippen LogP contribution < -0.4 is 5.32 Å². The van der Waals surface area contributed by atoms with Crippen LogP contribution in [0.5, 0.6) is 0 Å². The highest BCUT2D eigenvalue weighted by Gasteiger charge is 2.32. The minimum atomic E-state index is -0.658. The molecule has 0 radical (unpaired) electrons. The van der Waals surface area contributed by atoms with E-state index in [0.29, 0.717) is 18.0 Å². The van der Waals surface area contributed by atoms with Crippen LogP contribution in [-0.2, 0) is 29.0 Å². The van der Waals surface area contributed by atoms with Crippen LogP contribution in [0.15, 0.2) is 78.9 Å². The maximum absolute atomic E-state index is 13.8. The van der Waals surface area contributed by atoms with Gasteiger partial charge < -0.3 is 10.2 Å². The molecule has 4 nitrogen and oxygen atoms in total. The van der Waals surface area contributed by atoms with Gasteiger partial charge in [0.1, 0.15) is 6.04 Å². The lowest BCUT2D eigenvalue weighted by Gasteiger charge is -2.34. The summed E-state index contributed by atoms with van der Waals surface area (Å²) in [5.41, 5.74) is 3.52. The quantitative estimate of drug-likeness (QED) is 0.450. The minimum absolute atomic E-state index is 0.0887. The smallest absolute Gasteiger partial charge is 0.243 e. The highest BCUT2D eigenvalue weighted by atomic mass is 35.5. The zero-order valence-electron chi connectivity index (χ0n) is 20.3. The van der Waals surface area contributed by atoms with E-state index in [-0.39, 0.29) is 18.2 Å². The van der Waals surface area contributed by atoms with Crippen LogP contribution in [0.1, 0.15) is 43.0 Å². The van der Waals surface area contributed by atoms with E-state index in [0.717, 1.165) is 22.3 Å². The van der Waals surface area contributed by atoms with Crippen molar-refractivity contribution in [2.24, 2.45) is 0 Å². The van der Waals surface area contributed by atoms with Gasteiger partial charge in [0.15, 0.2) is 0 Å². The Labute approximate surface area is 207 Å². The summed E-state index contributed by atoms with van der Waals surface area (Å²) in [6.45, 7) is 8.16. The van der Waals surface area contributed by atoms with Crippen molar-refractivity contribution in [1.29, 1.82) is 0 Å². The molecule has 3 aromatic carbocycles. The van der Waals surface area contributed by atoms with Crippen molar-refractivity contribution in [3.05, 3.63) is 106 Å². The summed E-state index contributed by atoms with van der Waals surface area (Å²) in [5, 5.41) is 3.72. The van der Waals surface area contributed by atoms with E-state index in [2.05, 4.69) is 5.32 Å². The maximum Gasteiger partial charge on any atom is 0.243 e. The third-order valence-corrected chi connectivity index (χ3v) is 5.89. The van der Waals surface area contributed by atoms with E-state index in [9.17, 15) is 9.59 Å². The molecule has 0 spiro atoms. The molecule has 0 aliphatic rings. The van der Waals surface area contributed by atoms with Crippen LogP contribution in [0.4, 0.5) is 0 Å². The summed E-state index contributed by atoms with van der Waals surface area (Å²) in [4.78, 5) is 29.0. The van der Waals surface area contributed by atoms with Gasteiger partial charge in [-0.15, -0.1) is 0 Å². The zero-order chi connectivity index (χ0) is 24.7. The van der Waals surface area contributed by atoms with Gasteiger partial charge in [-0.2, -0.15) is 0 Å². The molecule has 0 heterocycles. The highest BCUT2D eigenvalue weighted by Crippen LogP contribution is 2.19. The number of carbonyl (C=O) groups excluding carboxylic acids is 2. The first-order chi connectivity index (χ1) is 16.1. The number of carbonyl (C=O) groups is 2. The molecule has 0 aliphatic carbocycles. The van der Waals surface area contributed by atoms with Crippen LogP contribution >= 0.6 is 11.6 Å². The minimum Gasteiger partial charge on any atom is -0.350 e. The Bertz CT molecular complexity index is 1100. The molecule has 0 bridgehead atoms. The Morgan fingerprint density at radius 2 is 1.50 bits per heavy atom. The number of hydrogen-bond donors (Lipinski definition) is 1. The number of hydrogen-bond acceptors (Lipinski definition) is 2. The number of amides is 2. The van der Waals surface area contributed by atoms with Gasteiger partial charge in [0.25, 0.3) is 0 Å². The molecule has 0 aromatic heterocycles. The molecule has 34 heavy (non-hydrogen) atoms. The van der Waals surface area contributed by atoms with Crippen LogP contribution in [0.2, 0.25) is 5.02 Å². The SMILES string of the molecule is Cc1ccccc1CC(=O)N(Cc1ccc(Cl)cc1)[C@@H](Cc1ccccc1)C(=O)NC(C)(C)C. The first-order valence-electron chi connectivity index (χ1n) is 11.6. The van der Waals surface area contributed by atoms with Crippen molar-refractivity contribution < 1.29 is 9.59 Å². The maximum atomic E-state index is 13.8. The summed E-state index contributed by atoms with van der Waals surface area (Å²) >= 11 is 6.08. The molecule has 178 valence electrons. The fourth-order valence-electron chi connectivity index (χ4n) is 3.87. The van der Waals surface area contributed by atoms with Gasteiger partial charge in [-0.1, -0.05) is 78.3 Å². The Morgan fingerprint density at radius 1 is 0.882 bits per heavy atom. The van der Waals surface area contributed by atoms with E-state index >= 15 is 0 Å². The number of halogens is 1. The van der Waals surface area contributed by atoms with E-state index in [4.69, 9.17) is 11.6 Å². The number of benzene rings is 3. The first-order valence-corrected chi connectivity index (χ1v) is 11.9. The van der Waals surface area contributed by atoms with E-state index < -0.39 is 11.6 Å². The zero-order valence-corrected chi connectivity index (χ0v) is 21.1. The van der Waals surface area contributed by atoms with E-state index in [1.807, 2.05) is 107 Å². The predicted molar refractivity (Wildman–Crippen MR) is 139 cm³/mol. The standard InChI is InChI=1S/C29H33ClN2O2/c1-21-10-8-9-13-24(21)19-27(33)32(20-23-14-16-25(30)17-15-23)26(28(34)31-29(2,3)4)18-22-11-6-5-7-12-22/h5-17,26H,18-20H2,1-4H3,(H,31,34)/t26-/m0/s1. The third-order valence-electron chi connectivity index (χ3n) is 5.64. The van der Waals surface area contributed by atoms with Gasteiger partial charge in [0.05, 0.1) is 6.42 Å². The average Bonchev–Trinajstić information content (AvgIpc) is 2.78. The summed E-state index contributed by atoms with van der Waals surface area (Å²) in [6, 6.07) is 24.5. The van der Waals surface area contributed by atoms with Crippen molar-refractivity contribution >= 4 is 23.4 Å². The molecular formula is C29H33ClN2O2. The van der Waals surface area contributed by atoms with Gasteiger partial charge in [-0.25, -0.2) is 0 Å². The van der Waals surface area contributed by atoms with Crippen LogP contribution in [0.25, 0.3) is 0 Å². The van der Waals surface area contributed by atoms with Gasteiger partial charge in [0, 0.05) is 23.5 Å². The normalized spacial score (nSPS) is 12.1. The summed E-state index contributed by atoms with van der Waals surface area (Å²) < 4.78 is 0. The molecule has 0 fully saturated rings. The Kier molecular flexibility index (Phi) is 8.51. The average molecular weight is 477 g/mol. The number of nitrogens with zero attached hydrogens (tertiary/aromatic N) is 1. The van der Waals surface area contributed by atoms with Gasteiger partial charge in [0.2, 0.25) is 11.8 Å². The first kappa shape index (κ1) is 25.5. The third kappa shape index (κ3) is 7.46. The molecule has 0 unspecified atom stereocenters. The highest BCUT2D eigenvalue weighted by molar-refractivity contribution is 6.30. The summed E-state index contributed by atoms with van der Waals surface area (Å²) in [5.74, 6) is -0.252. The fraction of sp³-hybridized carbons (Fsp3) is 0.310. The number of rotatable bonds is 8. The lowest BCUT2D eigenvalue weighted by atomic mass is 9.99. The van der Waals surface area contributed by atoms with Gasteiger partial charge in [-0.3, -0.25) is 9.59 Å². The van der Waals surface area contributed by atoms with Crippen molar-refractivity contribution in [2.75, 3.05) is 0 Å². The van der Waals surface area contributed by atoms with Crippen molar-refractivity contribution in [3.63, 3.8) is 0 Å². The number of nitrogens with one attached hydrogen (secondary N) is 1. The second-order valence-electron chi connectivity index (χ2n) is 9.70. The van der Waals surface area contributed by atoms with Crippen molar-refractivity contribution in [2.45, 2.75) is 58.7 Å². The molecule has 1 atom stereocenters. The second-order valence-corrected chi connectivity index (χ2v) is 10.1. The lowest BCUT2D eigenvalue weighted by molar-refractivity contribution is -0.141.